The highest BCUT2D eigenvalue weighted by Gasteiger charge is 2.14. The Labute approximate surface area is 161 Å². The highest BCUT2D eigenvalue weighted by atomic mass is 16.5. The van der Waals surface area contributed by atoms with Gasteiger partial charge in [-0.2, -0.15) is 5.10 Å². The minimum absolute atomic E-state index is 0.177. The van der Waals surface area contributed by atoms with Crippen LogP contribution < -0.4 is 9.64 Å². The molecule has 0 aliphatic rings. The van der Waals surface area contributed by atoms with E-state index in [4.69, 9.17) is 4.74 Å². The molecule has 0 spiro atoms. The minimum atomic E-state index is -0.177. The van der Waals surface area contributed by atoms with Crippen LogP contribution in [0.4, 0.5) is 5.69 Å². The van der Waals surface area contributed by atoms with Crippen molar-refractivity contribution in [3.63, 3.8) is 0 Å². The van der Waals surface area contributed by atoms with Gasteiger partial charge in [-0.25, -0.2) is 14.6 Å². The zero-order valence-corrected chi connectivity index (χ0v) is 15.0. The molecule has 4 aromatic rings. The number of carbonyl (C=O) groups is 1. The first-order chi connectivity index (χ1) is 13.7. The van der Waals surface area contributed by atoms with Crippen molar-refractivity contribution in [3.05, 3.63) is 85.3 Å². The van der Waals surface area contributed by atoms with Crippen LogP contribution in [0.3, 0.4) is 0 Å². The number of aromatic nitrogens is 5. The van der Waals surface area contributed by atoms with E-state index in [0.717, 1.165) is 5.69 Å². The molecule has 0 unspecified atom stereocenters. The number of hydrogen-bond acceptors (Lipinski definition) is 6. The second-order valence-electron chi connectivity index (χ2n) is 5.90. The second kappa shape index (κ2) is 7.67. The van der Waals surface area contributed by atoms with E-state index < -0.39 is 0 Å². The quantitative estimate of drug-likeness (QED) is 0.535. The summed E-state index contributed by atoms with van der Waals surface area (Å²) in [5.41, 5.74) is 2.04. The number of anilines is 1. The molecule has 0 fully saturated rings. The van der Waals surface area contributed by atoms with Gasteiger partial charge >= 0.3 is 0 Å². The van der Waals surface area contributed by atoms with E-state index >= 15 is 0 Å². The maximum absolute atomic E-state index is 12.6. The molecular weight excluding hydrogens is 356 g/mol. The smallest absolute Gasteiger partial charge is 0.259 e. The van der Waals surface area contributed by atoms with Crippen LogP contribution in [0.5, 0.6) is 11.6 Å². The monoisotopic (exact) mass is 372 g/mol. The fraction of sp³-hybridized carbons (Fsp3) is 0.0500. The third-order valence-electron chi connectivity index (χ3n) is 4.06. The van der Waals surface area contributed by atoms with E-state index in [2.05, 4.69) is 20.1 Å². The lowest BCUT2D eigenvalue weighted by molar-refractivity contribution is 0.0992. The fourth-order valence-electron chi connectivity index (χ4n) is 2.56. The first-order valence-corrected chi connectivity index (χ1v) is 8.48. The molecule has 3 heterocycles. The lowest BCUT2D eigenvalue weighted by Gasteiger charge is -2.16. The summed E-state index contributed by atoms with van der Waals surface area (Å²) < 4.78 is 7.39. The molecule has 0 aliphatic heterocycles. The molecule has 1 amide bonds. The Morgan fingerprint density at radius 2 is 1.89 bits per heavy atom. The van der Waals surface area contributed by atoms with Crippen molar-refractivity contribution in [2.75, 3.05) is 11.9 Å². The normalized spacial score (nSPS) is 10.5. The predicted octanol–water partition coefficient (Wildman–Crippen LogP) is 3.13. The van der Waals surface area contributed by atoms with Crippen LogP contribution >= 0.6 is 0 Å². The van der Waals surface area contributed by atoms with Gasteiger partial charge in [-0.3, -0.25) is 9.78 Å². The van der Waals surface area contributed by atoms with Gasteiger partial charge in [-0.05, 0) is 42.5 Å². The Kier molecular flexibility index (Phi) is 4.75. The SMILES string of the molecule is CN(C(=O)c1ccc(Oc2ccc(-n3cncn3)cc2)nc1)c1cccnc1. The Morgan fingerprint density at radius 3 is 2.54 bits per heavy atom. The first-order valence-electron chi connectivity index (χ1n) is 8.48. The molecule has 0 bridgehead atoms. The molecular formula is C20H16N6O2. The van der Waals surface area contributed by atoms with Gasteiger partial charge in [-0.1, -0.05) is 0 Å². The van der Waals surface area contributed by atoms with Crippen LogP contribution in [0.2, 0.25) is 0 Å². The van der Waals surface area contributed by atoms with Crippen molar-refractivity contribution in [1.82, 2.24) is 24.7 Å². The molecule has 4 rings (SSSR count). The van der Waals surface area contributed by atoms with Crippen LogP contribution in [0.25, 0.3) is 5.69 Å². The fourth-order valence-corrected chi connectivity index (χ4v) is 2.56. The Bertz CT molecular complexity index is 1050. The van der Waals surface area contributed by atoms with Crippen LogP contribution in [-0.2, 0) is 0 Å². The summed E-state index contributed by atoms with van der Waals surface area (Å²) in [7, 11) is 1.69. The molecule has 0 aliphatic carbocycles. The average molecular weight is 372 g/mol. The Morgan fingerprint density at radius 1 is 1.04 bits per heavy atom. The van der Waals surface area contributed by atoms with E-state index in [-0.39, 0.29) is 5.91 Å². The van der Waals surface area contributed by atoms with E-state index in [9.17, 15) is 4.79 Å². The van der Waals surface area contributed by atoms with Gasteiger partial charge in [0, 0.05) is 25.5 Å². The van der Waals surface area contributed by atoms with Crippen LogP contribution in [0.1, 0.15) is 10.4 Å². The van der Waals surface area contributed by atoms with Gasteiger partial charge in [-0.15, -0.1) is 0 Å². The minimum Gasteiger partial charge on any atom is -0.439 e. The summed E-state index contributed by atoms with van der Waals surface area (Å²) in [4.78, 5) is 26.3. The molecule has 3 aromatic heterocycles. The van der Waals surface area contributed by atoms with Crippen molar-refractivity contribution in [2.45, 2.75) is 0 Å². The van der Waals surface area contributed by atoms with Crippen molar-refractivity contribution in [2.24, 2.45) is 0 Å². The molecule has 28 heavy (non-hydrogen) atoms. The van der Waals surface area contributed by atoms with Crippen molar-refractivity contribution >= 4 is 11.6 Å². The third kappa shape index (κ3) is 3.70. The van der Waals surface area contributed by atoms with Crippen LogP contribution in [0.15, 0.2) is 79.8 Å². The molecule has 8 nitrogen and oxygen atoms in total. The van der Waals surface area contributed by atoms with Gasteiger partial charge in [0.05, 0.1) is 23.1 Å². The molecule has 0 saturated carbocycles. The van der Waals surface area contributed by atoms with Crippen LogP contribution in [0, 0.1) is 0 Å². The number of rotatable bonds is 5. The maximum atomic E-state index is 12.6. The van der Waals surface area contributed by atoms with Gasteiger partial charge in [0.25, 0.3) is 5.91 Å². The standard InChI is InChI=1S/C20H16N6O2/c1-25(17-3-2-10-21-12-17)20(27)15-4-9-19(23-11-15)28-18-7-5-16(6-8-18)26-14-22-13-24-26/h2-14H,1H3. The lowest BCUT2D eigenvalue weighted by atomic mass is 10.2. The predicted molar refractivity (Wildman–Crippen MR) is 103 cm³/mol. The third-order valence-corrected chi connectivity index (χ3v) is 4.06. The number of hydrogen-bond donors (Lipinski definition) is 0. The number of nitrogens with zero attached hydrogens (tertiary/aromatic N) is 6. The van der Waals surface area contributed by atoms with Gasteiger partial charge in [0.15, 0.2) is 0 Å². The van der Waals surface area contributed by atoms with Crippen molar-refractivity contribution < 1.29 is 9.53 Å². The van der Waals surface area contributed by atoms with Crippen molar-refractivity contribution in [1.29, 1.82) is 0 Å². The number of amides is 1. The summed E-state index contributed by atoms with van der Waals surface area (Å²) in [5.74, 6) is 0.848. The summed E-state index contributed by atoms with van der Waals surface area (Å²) in [5, 5.41) is 4.07. The van der Waals surface area contributed by atoms with E-state index in [1.54, 1.807) is 48.6 Å². The molecule has 0 atom stereocenters. The van der Waals surface area contributed by atoms with E-state index in [1.165, 1.54) is 17.4 Å². The molecule has 1 aromatic carbocycles. The summed E-state index contributed by atoms with van der Waals surface area (Å²) in [6.45, 7) is 0. The molecule has 0 N–H and O–H groups in total. The second-order valence-corrected chi connectivity index (χ2v) is 5.90. The number of carbonyl (C=O) groups excluding carboxylic acids is 1. The maximum Gasteiger partial charge on any atom is 0.259 e. The highest BCUT2D eigenvalue weighted by Crippen LogP contribution is 2.21. The van der Waals surface area contributed by atoms with Crippen LogP contribution in [-0.4, -0.2) is 37.7 Å². The lowest BCUT2D eigenvalue weighted by Crippen LogP contribution is -2.26. The first kappa shape index (κ1) is 17.3. The Balaban J connectivity index is 1.44. The molecule has 0 radical (unpaired) electrons. The molecule has 8 heteroatoms. The van der Waals surface area contributed by atoms with Crippen molar-refractivity contribution in [3.8, 4) is 17.3 Å². The average Bonchev–Trinajstić information content (AvgIpc) is 3.29. The highest BCUT2D eigenvalue weighted by molar-refractivity contribution is 6.05. The number of ether oxygens (including phenoxy) is 1. The van der Waals surface area contributed by atoms with Gasteiger partial charge < -0.3 is 9.64 Å². The molecule has 0 saturated heterocycles. The zero-order valence-electron chi connectivity index (χ0n) is 15.0. The summed E-state index contributed by atoms with van der Waals surface area (Å²) in [6, 6.07) is 14.3. The topological polar surface area (TPSA) is 86.0 Å². The van der Waals surface area contributed by atoms with Gasteiger partial charge in [0.2, 0.25) is 5.88 Å². The molecule has 138 valence electrons. The van der Waals surface area contributed by atoms with E-state index in [1.807, 2.05) is 30.3 Å². The number of benzene rings is 1. The summed E-state index contributed by atoms with van der Waals surface area (Å²) in [6.07, 6.45) is 7.88. The number of pyridine rings is 2. The summed E-state index contributed by atoms with van der Waals surface area (Å²) >= 11 is 0. The Hall–Kier alpha value is -4.07. The van der Waals surface area contributed by atoms with Gasteiger partial charge in [0.1, 0.15) is 18.4 Å². The largest absolute Gasteiger partial charge is 0.439 e. The zero-order chi connectivity index (χ0) is 19.3. The van der Waals surface area contributed by atoms with E-state index in [0.29, 0.717) is 22.9 Å².